The van der Waals surface area contributed by atoms with Gasteiger partial charge >= 0.3 is 49.4 Å². The second kappa shape index (κ2) is 8.58. The molecule has 0 bridgehead atoms. The molecule has 0 aliphatic heterocycles. The van der Waals surface area contributed by atoms with Crippen LogP contribution >= 0.6 is 7.82 Å². The van der Waals surface area contributed by atoms with E-state index in [4.69, 9.17) is 19.2 Å². The molecule has 0 saturated heterocycles. The second-order valence-electron chi connectivity index (χ2n) is 0.447. The van der Waals surface area contributed by atoms with Crippen LogP contribution in [0.4, 0.5) is 0 Å². The zero-order valence-electron chi connectivity index (χ0n) is 3.84. The van der Waals surface area contributed by atoms with Crippen molar-refractivity contribution >= 4 is 21.3 Å². The predicted octanol–water partition coefficient (Wildman–Crippen LogP) is -5.83. The first-order chi connectivity index (χ1) is 2.00. The molecule has 0 aromatic rings. The van der Waals surface area contributed by atoms with Gasteiger partial charge in [-0.25, -0.2) is 0 Å². The van der Waals surface area contributed by atoms with Gasteiger partial charge in [0.25, 0.3) is 0 Å². The van der Waals surface area contributed by atoms with E-state index in [-0.39, 0.29) is 49.4 Å². The van der Waals surface area contributed by atoms with E-state index >= 15 is 0 Å². The van der Waals surface area contributed by atoms with Gasteiger partial charge in [-0.15, -0.1) is 0 Å². The molecule has 0 spiro atoms. The van der Waals surface area contributed by atoms with Crippen molar-refractivity contribution in [3.63, 3.8) is 0 Å². The maximum absolute atomic E-state index is 8.55. The van der Waals surface area contributed by atoms with Gasteiger partial charge < -0.3 is 19.2 Å². The summed E-state index contributed by atoms with van der Waals surface area (Å²) in [7, 11) is -5.39. The van der Waals surface area contributed by atoms with Gasteiger partial charge in [0.05, 0.1) is 0 Å². The summed E-state index contributed by atoms with van der Waals surface area (Å²) < 4.78 is 8.55. The summed E-state index contributed by atoms with van der Waals surface area (Å²) in [5, 5.41) is 0. The van der Waals surface area contributed by atoms with Crippen LogP contribution in [0.3, 0.4) is 0 Å². The van der Waals surface area contributed by atoms with Crippen molar-refractivity contribution in [3.05, 3.63) is 0 Å². The fourth-order valence-electron chi connectivity index (χ4n) is 0. The molecule has 0 heterocycles. The fraction of sp³-hybridized carbons (Fsp3) is 0. The van der Waals surface area contributed by atoms with Crippen LogP contribution in [0.1, 0.15) is 0 Å². The molecule has 4 radical (unpaired) electrons. The van der Waals surface area contributed by atoms with Crippen molar-refractivity contribution in [2.45, 2.75) is 0 Å². The Morgan fingerprint density at radius 3 is 1.12 bits per heavy atom. The maximum Gasteiger partial charge on any atom is 2.00 e. The SMILES string of the molecule is O=P([O-])([O-])[O-].[Fe+2].[Li+].[S+2]. The van der Waals surface area contributed by atoms with Gasteiger partial charge in [-0.2, -0.15) is 7.82 Å². The molecule has 0 aliphatic carbocycles. The molecular weight excluding hydrogens is 190 g/mol. The average molecular weight is 190 g/mol. The molecule has 0 fully saturated rings. The Morgan fingerprint density at radius 2 is 1.12 bits per heavy atom. The van der Waals surface area contributed by atoms with Crippen LogP contribution in [0.15, 0.2) is 0 Å². The quantitative estimate of drug-likeness (QED) is 0.281. The van der Waals surface area contributed by atoms with E-state index in [2.05, 4.69) is 0 Å². The summed E-state index contributed by atoms with van der Waals surface area (Å²) in [6.07, 6.45) is 0. The summed E-state index contributed by atoms with van der Waals surface area (Å²) in [5.74, 6) is 0. The van der Waals surface area contributed by atoms with Crippen LogP contribution in [-0.4, -0.2) is 0 Å². The van der Waals surface area contributed by atoms with Gasteiger partial charge in [-0.1, -0.05) is 0 Å². The monoisotopic (exact) mass is 190 g/mol. The van der Waals surface area contributed by atoms with Gasteiger partial charge in [0.15, 0.2) is 0 Å². The van der Waals surface area contributed by atoms with E-state index < -0.39 is 7.82 Å². The number of rotatable bonds is 0. The molecule has 8 heavy (non-hydrogen) atoms. The fourth-order valence-corrected chi connectivity index (χ4v) is 0. The van der Waals surface area contributed by atoms with Gasteiger partial charge in [0.2, 0.25) is 0 Å². The molecule has 0 amide bonds. The van der Waals surface area contributed by atoms with Gasteiger partial charge in [-0.05, 0) is 0 Å². The molecule has 42 valence electrons. The first-order valence-electron chi connectivity index (χ1n) is 0.730. The predicted molar refractivity (Wildman–Crippen MR) is 15.0 cm³/mol. The zero-order chi connectivity index (χ0) is 4.50. The van der Waals surface area contributed by atoms with Gasteiger partial charge in [0.1, 0.15) is 0 Å². The Hall–Kier alpha value is 1.58. The van der Waals surface area contributed by atoms with Crippen molar-refractivity contribution in [2.24, 2.45) is 0 Å². The van der Waals surface area contributed by atoms with E-state index in [1.807, 2.05) is 0 Å². The molecule has 0 saturated carbocycles. The molecule has 0 rings (SSSR count). The molecule has 0 unspecified atom stereocenters. The van der Waals surface area contributed by atoms with Crippen LogP contribution in [-0.2, 0) is 35.1 Å². The second-order valence-corrected chi connectivity index (χ2v) is 1.34. The number of hydrogen-bond donors (Lipinski definition) is 0. The van der Waals surface area contributed by atoms with Crippen molar-refractivity contribution in [2.75, 3.05) is 0 Å². The summed E-state index contributed by atoms with van der Waals surface area (Å²) in [4.78, 5) is 25.6. The molecule has 4 nitrogen and oxygen atoms in total. The average Bonchev–Trinajstić information content (AvgIpc) is 0.722. The van der Waals surface area contributed by atoms with E-state index in [0.29, 0.717) is 0 Å². The molecule has 0 aromatic carbocycles. The van der Waals surface area contributed by atoms with E-state index in [9.17, 15) is 0 Å². The largest absolute Gasteiger partial charge is 2.00 e. The first kappa shape index (κ1) is 22.7. The first-order valence-corrected chi connectivity index (χ1v) is 2.19. The molecule has 0 atom stereocenters. The third kappa shape index (κ3) is 132. The Bertz CT molecular complexity index is 62.2. The molecule has 0 aromatic heterocycles. The molecule has 0 N–H and O–H groups in total. The van der Waals surface area contributed by atoms with E-state index in [1.165, 1.54) is 0 Å². The van der Waals surface area contributed by atoms with Crippen molar-refractivity contribution in [3.8, 4) is 0 Å². The minimum atomic E-state index is -5.39. The Kier molecular flexibility index (Phi) is 24.3. The Morgan fingerprint density at radius 1 is 1.12 bits per heavy atom. The van der Waals surface area contributed by atoms with Crippen molar-refractivity contribution < 1.29 is 55.2 Å². The van der Waals surface area contributed by atoms with E-state index in [1.54, 1.807) is 0 Å². The number of hydrogen-bond acceptors (Lipinski definition) is 4. The minimum Gasteiger partial charge on any atom is -0.822 e. The molecule has 0 aliphatic rings. The minimum absolute atomic E-state index is 0. The smallest absolute Gasteiger partial charge is 0.822 e. The topological polar surface area (TPSA) is 86.2 Å². The van der Waals surface area contributed by atoms with Crippen LogP contribution in [0, 0.1) is 0 Å². The van der Waals surface area contributed by atoms with Crippen LogP contribution in [0.2, 0.25) is 0 Å². The molecular formula is FeLiO4PS+2. The summed E-state index contributed by atoms with van der Waals surface area (Å²) in [5.41, 5.74) is 0. The van der Waals surface area contributed by atoms with E-state index in [0.717, 1.165) is 0 Å². The third-order valence-electron chi connectivity index (χ3n) is 0. The normalized spacial score (nSPS) is 7.38. The Balaban J connectivity index is -0.0000000267. The zero-order valence-corrected chi connectivity index (χ0v) is 6.66. The summed E-state index contributed by atoms with van der Waals surface area (Å²) in [6.45, 7) is 0. The maximum atomic E-state index is 8.55. The van der Waals surface area contributed by atoms with Crippen molar-refractivity contribution in [1.82, 2.24) is 0 Å². The van der Waals surface area contributed by atoms with Crippen LogP contribution in [0.5, 0.6) is 0 Å². The number of phosphoric acid groups is 1. The van der Waals surface area contributed by atoms with Crippen molar-refractivity contribution in [1.29, 1.82) is 0 Å². The summed E-state index contributed by atoms with van der Waals surface area (Å²) in [6, 6.07) is 0. The van der Waals surface area contributed by atoms with Crippen LogP contribution in [0.25, 0.3) is 0 Å². The molecule has 8 heteroatoms. The van der Waals surface area contributed by atoms with Gasteiger partial charge in [0, 0.05) is 0 Å². The standard InChI is InChI=1S/Fe.Li.H3O4P.S/c;;1-5(2,3)4;/h;;(H3,1,2,3,4);/q+2;+1;;+2/p-3. The van der Waals surface area contributed by atoms with Gasteiger partial charge in [-0.3, -0.25) is 0 Å². The summed E-state index contributed by atoms with van der Waals surface area (Å²) >= 11 is 0. The van der Waals surface area contributed by atoms with Crippen LogP contribution < -0.4 is 33.5 Å². The third-order valence-corrected chi connectivity index (χ3v) is 0. The Labute approximate surface area is 76.4 Å².